The summed E-state index contributed by atoms with van der Waals surface area (Å²) in [6.07, 6.45) is 5.06. The molecule has 0 unspecified atom stereocenters. The molecule has 0 amide bonds. The molecule has 1 aliphatic heterocycles. The minimum absolute atomic E-state index is 0.154. The van der Waals surface area contributed by atoms with Gasteiger partial charge in [-0.05, 0) is 36.9 Å². The van der Waals surface area contributed by atoms with Gasteiger partial charge in [0.2, 0.25) is 0 Å². The van der Waals surface area contributed by atoms with Crippen molar-refractivity contribution in [2.45, 2.75) is 19.3 Å². The Labute approximate surface area is 117 Å². The number of pyridine rings is 1. The number of piperidine rings is 1. The summed E-state index contributed by atoms with van der Waals surface area (Å²) in [5.41, 5.74) is 1.34. The number of fused-ring (bicyclic) bond motifs is 1. The van der Waals surface area contributed by atoms with Crippen LogP contribution in [0, 0.1) is 5.82 Å². The lowest BCUT2D eigenvalue weighted by Crippen LogP contribution is -2.32. The summed E-state index contributed by atoms with van der Waals surface area (Å²) in [4.78, 5) is 6.28. The summed E-state index contributed by atoms with van der Waals surface area (Å²) < 4.78 is 14.1. The molecule has 1 saturated heterocycles. The molecule has 20 heavy (non-hydrogen) atoms. The third-order valence-electron chi connectivity index (χ3n) is 3.79. The van der Waals surface area contributed by atoms with Crippen LogP contribution in [0.5, 0.6) is 0 Å². The second kappa shape index (κ2) is 5.38. The number of anilines is 1. The van der Waals surface area contributed by atoms with Crippen molar-refractivity contribution in [3.63, 3.8) is 0 Å². The second-order valence-corrected chi connectivity index (χ2v) is 5.15. The zero-order chi connectivity index (χ0) is 14.1. The van der Waals surface area contributed by atoms with E-state index in [2.05, 4.69) is 9.88 Å². The standard InChI is InChI=1S/C14H16BFN2O2/c16-12-9-10(15(19)20)8-11-13(4-5-17-14(11)12)18-6-2-1-3-7-18/h4-5,8-9,19-20H,1-3,6-7H2. The van der Waals surface area contributed by atoms with Gasteiger partial charge in [-0.1, -0.05) is 6.07 Å². The molecule has 104 valence electrons. The van der Waals surface area contributed by atoms with E-state index in [0.29, 0.717) is 5.39 Å². The number of halogens is 1. The topological polar surface area (TPSA) is 56.6 Å². The normalized spacial score (nSPS) is 15.7. The molecule has 0 bridgehead atoms. The number of hydrogen-bond acceptors (Lipinski definition) is 4. The predicted molar refractivity (Wildman–Crippen MR) is 77.6 cm³/mol. The molecule has 0 radical (unpaired) electrons. The van der Waals surface area contributed by atoms with E-state index < -0.39 is 12.9 Å². The number of rotatable bonds is 2. The molecule has 3 rings (SSSR count). The first kappa shape index (κ1) is 13.3. The quantitative estimate of drug-likeness (QED) is 0.803. The van der Waals surface area contributed by atoms with E-state index in [1.165, 1.54) is 6.42 Å². The van der Waals surface area contributed by atoms with Crippen LogP contribution in [0.2, 0.25) is 0 Å². The van der Waals surface area contributed by atoms with Gasteiger partial charge < -0.3 is 14.9 Å². The molecular weight excluding hydrogens is 258 g/mol. The van der Waals surface area contributed by atoms with E-state index in [1.54, 1.807) is 12.3 Å². The van der Waals surface area contributed by atoms with Gasteiger partial charge in [-0.3, -0.25) is 4.98 Å². The van der Waals surface area contributed by atoms with Crippen molar-refractivity contribution >= 4 is 29.2 Å². The number of nitrogens with zero attached hydrogens (tertiary/aromatic N) is 2. The largest absolute Gasteiger partial charge is 0.488 e. The van der Waals surface area contributed by atoms with Crippen LogP contribution in [0.25, 0.3) is 10.9 Å². The molecule has 0 aliphatic carbocycles. The zero-order valence-electron chi connectivity index (χ0n) is 11.1. The van der Waals surface area contributed by atoms with Gasteiger partial charge in [0.05, 0.1) is 0 Å². The Morgan fingerprint density at radius 1 is 1.15 bits per heavy atom. The molecular formula is C14H16BFN2O2. The maximum Gasteiger partial charge on any atom is 0.488 e. The fourth-order valence-corrected chi connectivity index (χ4v) is 2.78. The fourth-order valence-electron chi connectivity index (χ4n) is 2.78. The van der Waals surface area contributed by atoms with E-state index in [9.17, 15) is 14.4 Å². The SMILES string of the molecule is OB(O)c1cc(F)c2nccc(N3CCCCC3)c2c1. The van der Waals surface area contributed by atoms with Crippen molar-refractivity contribution in [3.8, 4) is 0 Å². The van der Waals surface area contributed by atoms with Crippen LogP contribution in [0.3, 0.4) is 0 Å². The Bertz CT molecular complexity index is 630. The van der Waals surface area contributed by atoms with Gasteiger partial charge in [0.15, 0.2) is 0 Å². The van der Waals surface area contributed by atoms with Gasteiger partial charge in [0.25, 0.3) is 0 Å². The van der Waals surface area contributed by atoms with Crippen molar-refractivity contribution in [2.75, 3.05) is 18.0 Å². The van der Waals surface area contributed by atoms with Crippen molar-refractivity contribution in [2.24, 2.45) is 0 Å². The summed E-state index contributed by atoms with van der Waals surface area (Å²) in [6.45, 7) is 1.87. The highest BCUT2D eigenvalue weighted by Crippen LogP contribution is 2.28. The minimum Gasteiger partial charge on any atom is -0.423 e. The lowest BCUT2D eigenvalue weighted by atomic mass is 9.79. The number of benzene rings is 1. The first-order chi connectivity index (χ1) is 9.66. The molecule has 4 nitrogen and oxygen atoms in total. The van der Waals surface area contributed by atoms with Crippen LogP contribution in [-0.2, 0) is 0 Å². The average molecular weight is 274 g/mol. The molecule has 1 aliphatic rings. The zero-order valence-corrected chi connectivity index (χ0v) is 11.1. The highest BCUT2D eigenvalue weighted by Gasteiger charge is 2.19. The van der Waals surface area contributed by atoms with Crippen LogP contribution in [0.15, 0.2) is 24.4 Å². The molecule has 0 saturated carbocycles. The van der Waals surface area contributed by atoms with Gasteiger partial charge in [0, 0.05) is 30.4 Å². The van der Waals surface area contributed by atoms with Crippen LogP contribution >= 0.6 is 0 Å². The molecule has 0 atom stereocenters. The highest BCUT2D eigenvalue weighted by molar-refractivity contribution is 6.59. The van der Waals surface area contributed by atoms with Crippen LogP contribution in [0.1, 0.15) is 19.3 Å². The summed E-state index contributed by atoms with van der Waals surface area (Å²) in [5.74, 6) is -0.524. The van der Waals surface area contributed by atoms with Crippen molar-refractivity contribution < 1.29 is 14.4 Å². The van der Waals surface area contributed by atoms with Crippen molar-refractivity contribution in [1.29, 1.82) is 0 Å². The fraction of sp³-hybridized carbons (Fsp3) is 0.357. The lowest BCUT2D eigenvalue weighted by molar-refractivity contribution is 0.425. The smallest absolute Gasteiger partial charge is 0.423 e. The molecule has 1 aromatic heterocycles. The molecule has 1 aromatic carbocycles. The molecule has 6 heteroatoms. The lowest BCUT2D eigenvalue weighted by Gasteiger charge is -2.29. The van der Waals surface area contributed by atoms with E-state index in [-0.39, 0.29) is 11.0 Å². The first-order valence-corrected chi connectivity index (χ1v) is 6.86. The van der Waals surface area contributed by atoms with Gasteiger partial charge >= 0.3 is 7.12 Å². The molecule has 2 N–H and O–H groups in total. The summed E-state index contributed by atoms with van der Waals surface area (Å²) in [7, 11) is -1.68. The first-order valence-electron chi connectivity index (χ1n) is 6.86. The van der Waals surface area contributed by atoms with Gasteiger partial charge in [-0.25, -0.2) is 4.39 Å². The van der Waals surface area contributed by atoms with Crippen LogP contribution < -0.4 is 10.4 Å². The summed E-state index contributed by atoms with van der Waals surface area (Å²) in [5, 5.41) is 19.2. The predicted octanol–water partition coefficient (Wildman–Crippen LogP) is 1.04. The molecule has 2 aromatic rings. The van der Waals surface area contributed by atoms with Gasteiger partial charge in [0.1, 0.15) is 11.3 Å². The van der Waals surface area contributed by atoms with Crippen molar-refractivity contribution in [1.82, 2.24) is 4.98 Å². The summed E-state index contributed by atoms with van der Waals surface area (Å²) >= 11 is 0. The maximum atomic E-state index is 14.1. The van der Waals surface area contributed by atoms with E-state index >= 15 is 0 Å². The van der Waals surface area contributed by atoms with E-state index in [0.717, 1.165) is 37.7 Å². The van der Waals surface area contributed by atoms with Crippen LogP contribution in [0.4, 0.5) is 10.1 Å². The number of aromatic nitrogens is 1. The van der Waals surface area contributed by atoms with Crippen LogP contribution in [-0.4, -0.2) is 35.2 Å². The van der Waals surface area contributed by atoms with Gasteiger partial charge in [-0.2, -0.15) is 0 Å². The monoisotopic (exact) mass is 274 g/mol. The van der Waals surface area contributed by atoms with E-state index in [1.807, 2.05) is 6.07 Å². The van der Waals surface area contributed by atoms with Crippen molar-refractivity contribution in [3.05, 3.63) is 30.2 Å². The third kappa shape index (κ3) is 2.36. The van der Waals surface area contributed by atoms with Gasteiger partial charge in [-0.15, -0.1) is 0 Å². The molecule has 1 fully saturated rings. The maximum absolute atomic E-state index is 14.1. The van der Waals surface area contributed by atoms with E-state index in [4.69, 9.17) is 0 Å². The number of hydrogen-bond donors (Lipinski definition) is 2. The summed E-state index contributed by atoms with van der Waals surface area (Å²) in [6, 6.07) is 4.60. The Kier molecular flexibility index (Phi) is 3.59. The Balaban J connectivity index is 2.16. The Hall–Kier alpha value is -1.66. The highest BCUT2D eigenvalue weighted by atomic mass is 19.1. The minimum atomic E-state index is -1.68. The Morgan fingerprint density at radius 2 is 1.90 bits per heavy atom. The average Bonchev–Trinajstić information content (AvgIpc) is 2.47. The molecule has 2 heterocycles. The molecule has 0 spiro atoms. The Morgan fingerprint density at radius 3 is 2.60 bits per heavy atom. The third-order valence-corrected chi connectivity index (χ3v) is 3.79. The second-order valence-electron chi connectivity index (χ2n) is 5.15.